The van der Waals surface area contributed by atoms with Gasteiger partial charge in [-0.05, 0) is 25.3 Å². The molecule has 0 aliphatic carbocycles. The Labute approximate surface area is 143 Å². The first-order valence-electron chi connectivity index (χ1n) is 7.71. The molecule has 0 bridgehead atoms. The van der Waals surface area contributed by atoms with Gasteiger partial charge < -0.3 is 9.47 Å². The maximum absolute atomic E-state index is 12.8. The predicted octanol–water partition coefficient (Wildman–Crippen LogP) is 2.46. The normalized spacial score (nSPS) is 12.2. The molecule has 2 aromatic rings. The van der Waals surface area contributed by atoms with Gasteiger partial charge in [-0.3, -0.25) is 9.36 Å². The highest BCUT2D eigenvalue weighted by Crippen LogP contribution is 2.28. The van der Waals surface area contributed by atoms with Gasteiger partial charge in [0, 0.05) is 0 Å². The lowest BCUT2D eigenvalue weighted by Crippen LogP contribution is -2.31. The van der Waals surface area contributed by atoms with Crippen LogP contribution in [0.3, 0.4) is 0 Å². The van der Waals surface area contributed by atoms with Crippen molar-refractivity contribution < 1.29 is 19.1 Å². The van der Waals surface area contributed by atoms with Crippen molar-refractivity contribution in [2.24, 2.45) is 0 Å². The molecule has 7 nitrogen and oxygen atoms in total. The van der Waals surface area contributed by atoms with Crippen molar-refractivity contribution in [3.8, 4) is 0 Å². The van der Waals surface area contributed by atoms with Gasteiger partial charge in [0.25, 0.3) is 5.56 Å². The van der Waals surface area contributed by atoms with E-state index in [-0.39, 0.29) is 5.56 Å². The van der Waals surface area contributed by atoms with Crippen molar-refractivity contribution in [3.05, 3.63) is 27.1 Å². The number of esters is 2. The molecule has 130 valence electrons. The fourth-order valence-corrected chi connectivity index (χ4v) is 3.48. The van der Waals surface area contributed by atoms with E-state index in [4.69, 9.17) is 9.47 Å². The van der Waals surface area contributed by atoms with E-state index in [0.717, 1.165) is 11.3 Å². The van der Waals surface area contributed by atoms with Crippen LogP contribution in [0, 0.1) is 6.92 Å². The SMILES string of the molecule is CCCOC(=O)[C@H](CC)n1cnc2sc(C(=O)OC)c(C)c2c1=O. The molecular weight excluding hydrogens is 332 g/mol. The molecule has 0 aliphatic rings. The minimum absolute atomic E-state index is 0.309. The van der Waals surface area contributed by atoms with E-state index < -0.39 is 18.0 Å². The Morgan fingerprint density at radius 1 is 1.38 bits per heavy atom. The molecule has 2 aromatic heterocycles. The van der Waals surface area contributed by atoms with E-state index in [0.29, 0.717) is 40.1 Å². The number of methoxy groups -OCH3 is 1. The number of aromatic nitrogens is 2. The summed E-state index contributed by atoms with van der Waals surface area (Å²) in [6.45, 7) is 5.69. The Bertz CT molecular complexity index is 824. The first-order chi connectivity index (χ1) is 11.5. The van der Waals surface area contributed by atoms with E-state index in [9.17, 15) is 14.4 Å². The minimum Gasteiger partial charge on any atom is -0.465 e. The Morgan fingerprint density at radius 2 is 2.08 bits per heavy atom. The molecule has 24 heavy (non-hydrogen) atoms. The number of hydrogen-bond acceptors (Lipinski definition) is 7. The molecule has 8 heteroatoms. The highest BCUT2D eigenvalue weighted by molar-refractivity contribution is 7.20. The second-order valence-corrected chi connectivity index (χ2v) is 6.28. The van der Waals surface area contributed by atoms with Crippen molar-refractivity contribution >= 4 is 33.5 Å². The topological polar surface area (TPSA) is 87.5 Å². The molecule has 0 N–H and O–H groups in total. The zero-order valence-corrected chi connectivity index (χ0v) is 14.9. The van der Waals surface area contributed by atoms with Crippen molar-refractivity contribution in [2.75, 3.05) is 13.7 Å². The van der Waals surface area contributed by atoms with E-state index in [1.165, 1.54) is 18.0 Å². The Balaban J connectivity index is 2.54. The summed E-state index contributed by atoms with van der Waals surface area (Å²) in [5, 5.41) is 0.338. The zero-order valence-electron chi connectivity index (χ0n) is 14.1. The maximum atomic E-state index is 12.8. The summed E-state index contributed by atoms with van der Waals surface area (Å²) in [5.41, 5.74) is 0.162. The molecule has 0 unspecified atom stereocenters. The first-order valence-corrected chi connectivity index (χ1v) is 8.53. The summed E-state index contributed by atoms with van der Waals surface area (Å²) in [6.07, 6.45) is 2.45. The summed E-state index contributed by atoms with van der Waals surface area (Å²) in [5.74, 6) is -0.959. The molecule has 2 heterocycles. The lowest BCUT2D eigenvalue weighted by molar-refractivity contribution is -0.147. The molecule has 0 aliphatic heterocycles. The number of hydrogen-bond donors (Lipinski definition) is 0. The zero-order chi connectivity index (χ0) is 17.9. The number of aryl methyl sites for hydroxylation is 1. The van der Waals surface area contributed by atoms with Crippen LogP contribution in [0.2, 0.25) is 0 Å². The maximum Gasteiger partial charge on any atom is 0.348 e. The van der Waals surface area contributed by atoms with Gasteiger partial charge in [-0.2, -0.15) is 0 Å². The number of thiophene rings is 1. The molecule has 0 saturated heterocycles. The van der Waals surface area contributed by atoms with Gasteiger partial charge in [-0.1, -0.05) is 13.8 Å². The molecule has 0 fully saturated rings. The van der Waals surface area contributed by atoms with E-state index in [1.54, 1.807) is 13.8 Å². The van der Waals surface area contributed by atoms with Gasteiger partial charge in [0.1, 0.15) is 15.7 Å². The fourth-order valence-electron chi connectivity index (χ4n) is 2.42. The molecule has 0 radical (unpaired) electrons. The van der Waals surface area contributed by atoms with Crippen LogP contribution in [0.5, 0.6) is 0 Å². The molecule has 0 saturated carbocycles. The third-order valence-electron chi connectivity index (χ3n) is 3.69. The second kappa shape index (κ2) is 7.57. The number of carbonyl (C=O) groups is 2. The molecule has 2 rings (SSSR count). The van der Waals surface area contributed by atoms with Crippen molar-refractivity contribution in [3.63, 3.8) is 0 Å². The van der Waals surface area contributed by atoms with Gasteiger partial charge in [0.2, 0.25) is 0 Å². The fraction of sp³-hybridized carbons (Fsp3) is 0.500. The third-order valence-corrected chi connectivity index (χ3v) is 4.87. The van der Waals surface area contributed by atoms with Crippen molar-refractivity contribution in [1.82, 2.24) is 9.55 Å². The highest BCUT2D eigenvalue weighted by Gasteiger charge is 2.25. The second-order valence-electron chi connectivity index (χ2n) is 5.28. The van der Waals surface area contributed by atoms with Gasteiger partial charge in [-0.15, -0.1) is 11.3 Å². The van der Waals surface area contributed by atoms with Crippen LogP contribution >= 0.6 is 11.3 Å². The summed E-state index contributed by atoms with van der Waals surface area (Å²) >= 11 is 1.11. The molecule has 0 spiro atoms. The van der Waals surface area contributed by atoms with Crippen molar-refractivity contribution in [2.45, 2.75) is 39.7 Å². The van der Waals surface area contributed by atoms with Crippen LogP contribution in [-0.2, 0) is 14.3 Å². The van der Waals surface area contributed by atoms with Gasteiger partial charge in [0.05, 0.1) is 25.4 Å². The number of rotatable bonds is 6. The van der Waals surface area contributed by atoms with Gasteiger partial charge in [-0.25, -0.2) is 14.6 Å². The van der Waals surface area contributed by atoms with Gasteiger partial charge >= 0.3 is 11.9 Å². The Morgan fingerprint density at radius 3 is 2.67 bits per heavy atom. The highest BCUT2D eigenvalue weighted by atomic mass is 32.1. The first kappa shape index (κ1) is 18.1. The monoisotopic (exact) mass is 352 g/mol. The molecular formula is C16H20N2O5S. The smallest absolute Gasteiger partial charge is 0.348 e. The largest absolute Gasteiger partial charge is 0.465 e. The van der Waals surface area contributed by atoms with E-state index in [2.05, 4.69) is 4.98 Å². The molecule has 1 atom stereocenters. The predicted molar refractivity (Wildman–Crippen MR) is 90.5 cm³/mol. The standard InChI is InChI=1S/C16H20N2O5S/c1-5-7-23-15(20)10(6-2)18-8-17-13-11(14(18)19)9(3)12(24-13)16(21)22-4/h8,10H,5-7H2,1-4H3/t10-/m0/s1. The summed E-state index contributed by atoms with van der Waals surface area (Å²) < 4.78 is 11.2. The summed E-state index contributed by atoms with van der Waals surface area (Å²) in [6, 6.07) is -0.734. The van der Waals surface area contributed by atoms with Crippen LogP contribution in [0.15, 0.2) is 11.1 Å². The van der Waals surface area contributed by atoms with Gasteiger partial charge in [0.15, 0.2) is 0 Å². The summed E-state index contributed by atoms with van der Waals surface area (Å²) in [4.78, 5) is 41.8. The minimum atomic E-state index is -0.734. The number of ether oxygens (including phenoxy) is 2. The van der Waals surface area contributed by atoms with Crippen LogP contribution in [-0.4, -0.2) is 35.2 Å². The quantitative estimate of drug-likeness (QED) is 0.742. The van der Waals surface area contributed by atoms with Crippen LogP contribution < -0.4 is 5.56 Å². The molecule has 0 aromatic carbocycles. The molecule has 0 amide bonds. The van der Waals surface area contributed by atoms with E-state index in [1.807, 2.05) is 6.92 Å². The Kier molecular flexibility index (Phi) is 5.71. The Hall–Kier alpha value is -2.22. The lowest BCUT2D eigenvalue weighted by Gasteiger charge is -2.16. The van der Waals surface area contributed by atoms with E-state index >= 15 is 0 Å². The van der Waals surface area contributed by atoms with Crippen LogP contribution in [0.1, 0.15) is 48.0 Å². The number of nitrogens with zero attached hydrogens (tertiary/aromatic N) is 2. The third kappa shape index (κ3) is 3.19. The average Bonchev–Trinajstić information content (AvgIpc) is 2.92. The van der Waals surface area contributed by atoms with Crippen LogP contribution in [0.25, 0.3) is 10.2 Å². The average molecular weight is 352 g/mol. The lowest BCUT2D eigenvalue weighted by atomic mass is 10.2. The number of carbonyl (C=O) groups excluding carboxylic acids is 2. The number of fused-ring (bicyclic) bond motifs is 1. The summed E-state index contributed by atoms with van der Waals surface area (Å²) in [7, 11) is 1.29. The van der Waals surface area contributed by atoms with Crippen molar-refractivity contribution in [1.29, 1.82) is 0 Å². The van der Waals surface area contributed by atoms with Crippen LogP contribution in [0.4, 0.5) is 0 Å².